The number of hydrogen-bond acceptors (Lipinski definition) is 10. The molecule has 0 aliphatic carbocycles. The monoisotopic (exact) mass is 992 g/mol. The van der Waals surface area contributed by atoms with Gasteiger partial charge in [0, 0.05) is 37.9 Å². The van der Waals surface area contributed by atoms with Gasteiger partial charge in [0.25, 0.3) is 0 Å². The van der Waals surface area contributed by atoms with E-state index in [1.54, 1.807) is 49.1 Å². The quantitative estimate of drug-likeness (QED) is 0.0812. The first-order chi connectivity index (χ1) is 16.8. The van der Waals surface area contributed by atoms with E-state index in [0.29, 0.717) is 24.2 Å². The van der Waals surface area contributed by atoms with Gasteiger partial charge in [-0.1, -0.05) is 77.0 Å². The maximum absolute atomic E-state index is 11.9. The average Bonchev–Trinajstić information content (AvgIpc) is 2.88. The summed E-state index contributed by atoms with van der Waals surface area (Å²) in [6, 6.07) is 6.83. The summed E-state index contributed by atoms with van der Waals surface area (Å²) < 4.78 is 0. The summed E-state index contributed by atoms with van der Waals surface area (Å²) in [4.78, 5) is 16.1. The predicted molar refractivity (Wildman–Crippen MR) is 156 cm³/mol. The van der Waals surface area contributed by atoms with E-state index in [0.717, 1.165) is 25.7 Å². The van der Waals surface area contributed by atoms with Gasteiger partial charge in [-0.3, -0.25) is 9.97 Å². The molecule has 0 spiro atoms. The van der Waals surface area contributed by atoms with E-state index in [4.69, 9.17) is 0 Å². The molecule has 2 aromatic rings. The van der Waals surface area contributed by atoms with E-state index in [1.165, 1.54) is 64.2 Å². The number of pyridine rings is 2. The molecule has 12 N–H and O–H groups in total. The van der Waals surface area contributed by atoms with Gasteiger partial charge in [0.15, 0.2) is 0 Å². The third-order valence-electron chi connectivity index (χ3n) is 5.93. The van der Waals surface area contributed by atoms with Crippen molar-refractivity contribution < 1.29 is 77.2 Å². The summed E-state index contributed by atoms with van der Waals surface area (Å²) in [7, 11) is 0. The molecular weight excluding hydrogens is 941 g/mol. The Hall–Kier alpha value is -0.963. The molecule has 0 saturated carbocycles. The minimum atomic E-state index is -0.133. The SMILES string of the molecule is N.N.N.N.[Cl-].[Cl-].[O-]C(=NCCCCCCCCCCCCCCCCN=C([O-])c1ccncc1)c1ccncc1.[Pt+2].[Pt+2]. The fourth-order valence-corrected chi connectivity index (χ4v) is 3.88. The van der Waals surface area contributed by atoms with Crippen molar-refractivity contribution in [2.24, 2.45) is 9.98 Å². The maximum atomic E-state index is 11.9. The van der Waals surface area contributed by atoms with Gasteiger partial charge in [0.05, 0.1) is 0 Å². The number of rotatable bonds is 19. The van der Waals surface area contributed by atoms with E-state index >= 15 is 0 Å². The minimum Gasteiger partial charge on any atom is -1.00 e. The zero-order valence-corrected chi connectivity index (χ0v) is 30.8. The smallest absolute Gasteiger partial charge is 1.00 e. The molecular formula is C28H52Cl2N8O2Pt2. The molecule has 0 amide bonds. The summed E-state index contributed by atoms with van der Waals surface area (Å²) in [6.07, 6.45) is 23.8. The van der Waals surface area contributed by atoms with Crippen molar-refractivity contribution in [1.82, 2.24) is 34.6 Å². The van der Waals surface area contributed by atoms with Crippen molar-refractivity contribution in [3.05, 3.63) is 60.2 Å². The predicted octanol–water partition coefficient (Wildman–Crippen LogP) is -0.497. The van der Waals surface area contributed by atoms with Crippen molar-refractivity contribution in [3.8, 4) is 0 Å². The van der Waals surface area contributed by atoms with Gasteiger partial charge in [-0.05, 0) is 60.0 Å². The molecule has 42 heavy (non-hydrogen) atoms. The Kier molecular flexibility index (Phi) is 54.1. The number of hydrogen-bond donors (Lipinski definition) is 4. The van der Waals surface area contributed by atoms with Crippen LogP contribution >= 0.6 is 0 Å². The summed E-state index contributed by atoms with van der Waals surface area (Å²) >= 11 is 0. The van der Waals surface area contributed by atoms with Crippen LogP contribution in [0.1, 0.15) is 101 Å². The molecule has 0 saturated heterocycles. The van der Waals surface area contributed by atoms with Crippen LogP contribution in [0.3, 0.4) is 0 Å². The first-order valence-electron chi connectivity index (χ1n) is 13.0. The average molecular weight is 994 g/mol. The molecule has 250 valence electrons. The van der Waals surface area contributed by atoms with Crippen LogP contribution in [-0.4, -0.2) is 34.9 Å². The molecule has 2 aromatic heterocycles. The van der Waals surface area contributed by atoms with Crippen molar-refractivity contribution in [2.75, 3.05) is 13.1 Å². The van der Waals surface area contributed by atoms with Gasteiger partial charge in [0.2, 0.25) is 0 Å². The van der Waals surface area contributed by atoms with Crippen LogP contribution in [0.25, 0.3) is 0 Å². The van der Waals surface area contributed by atoms with Crippen LogP contribution in [-0.2, 0) is 42.1 Å². The molecule has 0 bridgehead atoms. The summed E-state index contributed by atoms with van der Waals surface area (Å²) in [5.74, 6) is -0.266. The Bertz CT molecular complexity index is 774. The van der Waals surface area contributed by atoms with E-state index in [1.807, 2.05) is 0 Å². The maximum Gasteiger partial charge on any atom is 2.00 e. The Labute approximate surface area is 295 Å². The van der Waals surface area contributed by atoms with Gasteiger partial charge in [-0.15, -0.1) is 0 Å². The summed E-state index contributed by atoms with van der Waals surface area (Å²) in [6.45, 7) is 1.25. The second-order valence-corrected chi connectivity index (χ2v) is 8.80. The summed E-state index contributed by atoms with van der Waals surface area (Å²) in [5.41, 5.74) is 1.24. The summed E-state index contributed by atoms with van der Waals surface area (Å²) in [5, 5.41) is 23.7. The third kappa shape index (κ3) is 29.1. The van der Waals surface area contributed by atoms with E-state index in [9.17, 15) is 10.2 Å². The third-order valence-corrected chi connectivity index (χ3v) is 5.93. The van der Waals surface area contributed by atoms with Gasteiger partial charge in [-0.25, -0.2) is 0 Å². The number of aromatic nitrogens is 2. The fraction of sp³-hybridized carbons (Fsp3) is 0.571. The number of halogens is 2. The molecule has 2 rings (SSSR count). The Morgan fingerprint density at radius 1 is 0.452 bits per heavy atom. The molecule has 0 radical (unpaired) electrons. The molecule has 0 unspecified atom stereocenters. The first-order valence-corrected chi connectivity index (χ1v) is 13.0. The van der Waals surface area contributed by atoms with Gasteiger partial charge >= 0.3 is 42.1 Å². The number of aliphatic imine (C=N–C) groups is 2. The Morgan fingerprint density at radius 2 is 0.667 bits per heavy atom. The van der Waals surface area contributed by atoms with Crippen LogP contribution in [0, 0.1) is 0 Å². The number of nitrogens with zero attached hydrogens (tertiary/aromatic N) is 4. The zero-order chi connectivity index (χ0) is 24.1. The van der Waals surface area contributed by atoms with E-state index in [2.05, 4.69) is 20.0 Å². The molecule has 0 aliphatic rings. The topological polar surface area (TPSA) is 237 Å². The van der Waals surface area contributed by atoms with E-state index in [-0.39, 0.29) is 103 Å². The van der Waals surface area contributed by atoms with E-state index < -0.39 is 0 Å². The van der Waals surface area contributed by atoms with Gasteiger partial charge in [-0.2, -0.15) is 0 Å². The second kappa shape index (κ2) is 40.0. The van der Waals surface area contributed by atoms with Crippen molar-refractivity contribution in [3.63, 3.8) is 0 Å². The van der Waals surface area contributed by atoms with Crippen molar-refractivity contribution in [1.29, 1.82) is 0 Å². The molecule has 0 atom stereocenters. The van der Waals surface area contributed by atoms with Gasteiger partial charge in [0.1, 0.15) is 0 Å². The van der Waals surface area contributed by atoms with Crippen LogP contribution in [0.4, 0.5) is 0 Å². The van der Waals surface area contributed by atoms with Crippen LogP contribution in [0.5, 0.6) is 0 Å². The minimum absolute atomic E-state index is 0. The zero-order valence-electron chi connectivity index (χ0n) is 24.8. The molecule has 2 heterocycles. The van der Waals surface area contributed by atoms with Crippen molar-refractivity contribution >= 4 is 11.8 Å². The molecule has 0 aliphatic heterocycles. The van der Waals surface area contributed by atoms with Crippen molar-refractivity contribution in [2.45, 2.75) is 89.9 Å². The molecule has 14 heteroatoms. The Morgan fingerprint density at radius 3 is 0.905 bits per heavy atom. The fourth-order valence-electron chi connectivity index (χ4n) is 3.88. The molecule has 0 aromatic carbocycles. The Balaban J connectivity index is -0.000000306. The molecule has 0 fully saturated rings. The largest absolute Gasteiger partial charge is 2.00 e. The first kappa shape index (κ1) is 56.8. The van der Waals surface area contributed by atoms with Crippen LogP contribution < -0.4 is 59.6 Å². The normalized spacial score (nSPS) is 9.90. The van der Waals surface area contributed by atoms with Crippen LogP contribution in [0.2, 0.25) is 0 Å². The van der Waals surface area contributed by atoms with Gasteiger partial charge < -0.3 is 69.6 Å². The molecule has 10 nitrogen and oxygen atoms in total. The van der Waals surface area contributed by atoms with Crippen LogP contribution in [0.15, 0.2) is 59.0 Å². The second-order valence-electron chi connectivity index (χ2n) is 8.80. The standard InChI is InChI=1S/C28H42N4O2.2ClH.4H3N.2Pt/c33-27(25-15-21-29-22-16-25)31-19-13-11-9-7-5-3-1-2-4-6-8-10-12-14-20-32-28(34)26-17-23-30-24-18-26;;;;;;;;/h15-18,21-24H,1-14,19-20H2,(H,31,33)(H,32,34);2*1H;4*1H3;;/q;;;;;;;2*+2/p-4. The number of unbranched alkanes of at least 4 members (excludes halogenated alkanes) is 13.